The van der Waals surface area contributed by atoms with Gasteiger partial charge in [0.15, 0.2) is 5.58 Å². The minimum Gasteiger partial charge on any atom is -0.454 e. The number of furan rings is 1. The van der Waals surface area contributed by atoms with Crippen molar-refractivity contribution < 1.29 is 4.42 Å². The lowest BCUT2D eigenvalue weighted by Crippen LogP contribution is -2.10. The lowest BCUT2D eigenvalue weighted by molar-refractivity contribution is 0.669. The van der Waals surface area contributed by atoms with Gasteiger partial charge in [-0.15, -0.1) is 0 Å². The summed E-state index contributed by atoms with van der Waals surface area (Å²) in [6.45, 7) is 0. The minimum absolute atomic E-state index is 0.861. The molecule has 2 heterocycles. The Hall–Kier alpha value is -8.92. The van der Waals surface area contributed by atoms with Gasteiger partial charge in [0.2, 0.25) is 0 Å². The van der Waals surface area contributed by atoms with E-state index in [0.29, 0.717) is 0 Å². The van der Waals surface area contributed by atoms with E-state index in [1.54, 1.807) is 0 Å². The van der Waals surface area contributed by atoms with Crippen molar-refractivity contribution >= 4 is 71.6 Å². The maximum atomic E-state index is 6.79. The number of anilines is 3. The Balaban J connectivity index is 0.855. The Morgan fingerprint density at radius 3 is 1.43 bits per heavy atom. The molecular weight excluding hydrogens is 813 g/mol. The van der Waals surface area contributed by atoms with Crippen LogP contribution in [0.5, 0.6) is 0 Å². The fourth-order valence-electron chi connectivity index (χ4n) is 10.1. The molecule has 0 radical (unpaired) electrons. The Morgan fingerprint density at radius 2 is 0.791 bits per heavy atom. The number of aromatic nitrogens is 1. The molecule has 0 saturated heterocycles. The van der Waals surface area contributed by atoms with Gasteiger partial charge in [-0.3, -0.25) is 0 Å². The number of nitrogens with zero attached hydrogens (tertiary/aromatic N) is 2. The first-order valence-corrected chi connectivity index (χ1v) is 22.9. The van der Waals surface area contributed by atoms with E-state index in [0.717, 1.165) is 55.8 Å². The number of hydrogen-bond donors (Lipinski definition) is 0. The highest BCUT2D eigenvalue weighted by atomic mass is 16.3. The second-order valence-corrected chi connectivity index (χ2v) is 17.3. The fourth-order valence-corrected chi connectivity index (χ4v) is 10.1. The van der Waals surface area contributed by atoms with E-state index in [2.05, 4.69) is 264 Å². The van der Waals surface area contributed by atoms with Crippen LogP contribution >= 0.6 is 0 Å². The number of rotatable bonds is 8. The minimum atomic E-state index is 0.861. The second kappa shape index (κ2) is 16.0. The Kier molecular flexibility index (Phi) is 9.17. The van der Waals surface area contributed by atoms with Crippen molar-refractivity contribution in [1.29, 1.82) is 0 Å². The van der Waals surface area contributed by atoms with Crippen LogP contribution in [0.3, 0.4) is 0 Å². The van der Waals surface area contributed by atoms with Gasteiger partial charge in [-0.2, -0.15) is 0 Å². The molecule has 314 valence electrons. The molecule has 0 bridgehead atoms. The Labute approximate surface area is 388 Å². The largest absolute Gasteiger partial charge is 0.454 e. The third kappa shape index (κ3) is 6.67. The first kappa shape index (κ1) is 38.5. The molecule has 0 saturated carbocycles. The van der Waals surface area contributed by atoms with Crippen LogP contribution < -0.4 is 4.90 Å². The van der Waals surface area contributed by atoms with Gasteiger partial charge in [0, 0.05) is 38.6 Å². The smallest absolute Gasteiger partial charge is 0.159 e. The highest BCUT2D eigenvalue weighted by molar-refractivity contribution is 6.21. The molecule has 0 atom stereocenters. The third-order valence-electron chi connectivity index (χ3n) is 13.4. The van der Waals surface area contributed by atoms with Crippen LogP contribution in [-0.2, 0) is 0 Å². The van der Waals surface area contributed by atoms with Crippen LogP contribution in [0.15, 0.2) is 259 Å². The summed E-state index contributed by atoms with van der Waals surface area (Å²) in [5, 5.41) is 7.13. The number of hydrogen-bond acceptors (Lipinski definition) is 2. The summed E-state index contributed by atoms with van der Waals surface area (Å²) in [4.78, 5) is 2.32. The summed E-state index contributed by atoms with van der Waals surface area (Å²) in [5.74, 6) is 0. The molecule has 13 aromatic rings. The summed E-state index contributed by atoms with van der Waals surface area (Å²) in [6.07, 6.45) is 0. The summed E-state index contributed by atoms with van der Waals surface area (Å²) >= 11 is 0. The zero-order valence-electron chi connectivity index (χ0n) is 36.6. The van der Waals surface area contributed by atoms with E-state index in [1.165, 1.54) is 66.0 Å². The van der Waals surface area contributed by atoms with Gasteiger partial charge in [0.25, 0.3) is 0 Å². The molecule has 0 spiro atoms. The molecule has 13 rings (SSSR count). The molecule has 0 N–H and O–H groups in total. The molecule has 2 aromatic heterocycles. The molecule has 0 aliphatic carbocycles. The number of benzene rings is 11. The van der Waals surface area contributed by atoms with E-state index in [1.807, 2.05) is 0 Å². The first-order chi connectivity index (χ1) is 33.2. The zero-order chi connectivity index (χ0) is 44.3. The van der Waals surface area contributed by atoms with Gasteiger partial charge in [-0.25, -0.2) is 0 Å². The summed E-state index contributed by atoms with van der Waals surface area (Å²) < 4.78 is 9.19. The van der Waals surface area contributed by atoms with Crippen molar-refractivity contribution in [2.24, 2.45) is 0 Å². The lowest BCUT2D eigenvalue weighted by atomic mass is 9.99. The molecular formula is C64H42N2O. The molecule has 11 aromatic carbocycles. The average Bonchev–Trinajstić information content (AvgIpc) is 3.96. The van der Waals surface area contributed by atoms with Crippen molar-refractivity contribution in [3.05, 3.63) is 255 Å². The molecule has 67 heavy (non-hydrogen) atoms. The van der Waals surface area contributed by atoms with Crippen LogP contribution in [-0.4, -0.2) is 4.57 Å². The molecule has 0 aliphatic heterocycles. The third-order valence-corrected chi connectivity index (χ3v) is 13.4. The quantitative estimate of drug-likeness (QED) is 0.152. The van der Waals surface area contributed by atoms with E-state index >= 15 is 0 Å². The summed E-state index contributed by atoms with van der Waals surface area (Å²) in [6, 6.07) is 91.7. The molecule has 0 fully saturated rings. The maximum absolute atomic E-state index is 6.79. The van der Waals surface area contributed by atoms with Gasteiger partial charge in [-0.1, -0.05) is 194 Å². The van der Waals surface area contributed by atoms with Crippen LogP contribution in [0, 0.1) is 0 Å². The Morgan fingerprint density at radius 1 is 0.313 bits per heavy atom. The highest BCUT2D eigenvalue weighted by Crippen LogP contribution is 2.45. The van der Waals surface area contributed by atoms with E-state index in [-0.39, 0.29) is 0 Å². The molecule has 3 heteroatoms. The maximum Gasteiger partial charge on any atom is 0.159 e. The van der Waals surface area contributed by atoms with Gasteiger partial charge in [-0.05, 0) is 116 Å². The molecule has 0 unspecified atom stereocenters. The van der Waals surface area contributed by atoms with Crippen molar-refractivity contribution in [2.45, 2.75) is 0 Å². The van der Waals surface area contributed by atoms with Crippen molar-refractivity contribution in [3.8, 4) is 50.2 Å². The van der Waals surface area contributed by atoms with Gasteiger partial charge >= 0.3 is 0 Å². The first-order valence-electron chi connectivity index (χ1n) is 22.9. The zero-order valence-corrected chi connectivity index (χ0v) is 36.6. The standard InChI is InChI=1S/C64H42N2O/c1-3-12-43(13-4-1)46-26-34-52(35-27-46)65(60-21-11-19-58-63-55-17-8-7-16-50(55)33-41-62(63)67-64(58)60)53-36-28-48(29-37-53)45-22-24-49(25-23-45)51-32-40-57-56-18-9-10-20-59(56)66(61(57)42-51)54-38-30-47(31-39-54)44-14-5-2-6-15-44/h1-42H. The van der Waals surface area contributed by atoms with Gasteiger partial charge in [0.1, 0.15) is 5.58 Å². The van der Waals surface area contributed by atoms with Crippen LogP contribution in [0.2, 0.25) is 0 Å². The average molecular weight is 855 g/mol. The van der Waals surface area contributed by atoms with Crippen molar-refractivity contribution in [2.75, 3.05) is 4.90 Å². The summed E-state index contributed by atoms with van der Waals surface area (Å²) in [5.41, 5.74) is 17.8. The molecule has 3 nitrogen and oxygen atoms in total. The summed E-state index contributed by atoms with van der Waals surface area (Å²) in [7, 11) is 0. The number of fused-ring (bicyclic) bond motifs is 8. The lowest BCUT2D eigenvalue weighted by Gasteiger charge is -2.26. The van der Waals surface area contributed by atoms with Crippen molar-refractivity contribution in [1.82, 2.24) is 4.57 Å². The van der Waals surface area contributed by atoms with Crippen molar-refractivity contribution in [3.63, 3.8) is 0 Å². The topological polar surface area (TPSA) is 21.3 Å². The van der Waals surface area contributed by atoms with E-state index < -0.39 is 0 Å². The fraction of sp³-hybridized carbons (Fsp3) is 0. The Bertz CT molecular complexity index is 3920. The number of para-hydroxylation sites is 2. The predicted molar refractivity (Wildman–Crippen MR) is 282 cm³/mol. The normalized spacial score (nSPS) is 11.6. The van der Waals surface area contributed by atoms with Gasteiger partial charge < -0.3 is 13.9 Å². The highest BCUT2D eigenvalue weighted by Gasteiger charge is 2.21. The van der Waals surface area contributed by atoms with Crippen LogP contribution in [0.4, 0.5) is 17.1 Å². The van der Waals surface area contributed by atoms with Crippen LogP contribution in [0.25, 0.3) is 105 Å². The van der Waals surface area contributed by atoms with E-state index in [4.69, 9.17) is 4.42 Å². The molecule has 0 aliphatic rings. The monoisotopic (exact) mass is 854 g/mol. The predicted octanol–water partition coefficient (Wildman–Crippen LogP) is 18.0. The SMILES string of the molecule is c1ccc(-c2ccc(N(c3ccc(-c4ccc(-c5ccc6c7ccccc7n(-c7ccc(-c8ccccc8)cc7)c6c5)cc4)cc3)c3cccc4c3oc3ccc5ccccc5c34)cc2)cc1. The van der Waals surface area contributed by atoms with Gasteiger partial charge in [0.05, 0.1) is 16.7 Å². The second-order valence-electron chi connectivity index (χ2n) is 17.3. The molecule has 0 amide bonds. The van der Waals surface area contributed by atoms with E-state index in [9.17, 15) is 0 Å². The van der Waals surface area contributed by atoms with Crippen LogP contribution in [0.1, 0.15) is 0 Å².